The van der Waals surface area contributed by atoms with Gasteiger partial charge >= 0.3 is 0 Å². The predicted molar refractivity (Wildman–Crippen MR) is 64.5 cm³/mol. The lowest BCUT2D eigenvalue weighted by atomic mass is 10.3. The van der Waals surface area contributed by atoms with Crippen LogP contribution in [-0.2, 0) is 16.4 Å². The fourth-order valence-corrected chi connectivity index (χ4v) is 2.29. The summed E-state index contributed by atoms with van der Waals surface area (Å²) in [7, 11) is -2.95. The van der Waals surface area contributed by atoms with Crippen LogP contribution in [0.4, 0.5) is 0 Å². The number of sulfone groups is 1. The second-order valence-corrected chi connectivity index (χ2v) is 6.29. The largest absolute Gasteiger partial charge is 0.346 e. The molecule has 0 aliphatic rings. The lowest BCUT2D eigenvalue weighted by Crippen LogP contribution is -2.10. The zero-order valence-electron chi connectivity index (χ0n) is 8.72. The molecule has 0 aromatic carbocycles. The van der Waals surface area contributed by atoms with Gasteiger partial charge in [0.2, 0.25) is 0 Å². The minimum Gasteiger partial charge on any atom is -0.346 e. The molecule has 0 radical (unpaired) electrons. The average Bonchev–Trinajstić information content (AvgIpc) is 2.58. The lowest BCUT2D eigenvalue weighted by molar-refractivity contribution is 0.596. The second kappa shape index (κ2) is 4.07. The first-order valence-corrected chi connectivity index (χ1v) is 7.18. The highest BCUT2D eigenvalue weighted by molar-refractivity contribution is 7.90. The third-order valence-electron chi connectivity index (χ3n) is 2.35. The third-order valence-corrected chi connectivity index (χ3v) is 3.58. The Balaban J connectivity index is 2.36. The van der Waals surface area contributed by atoms with Crippen molar-refractivity contribution >= 4 is 32.3 Å². The highest BCUT2D eigenvalue weighted by Crippen LogP contribution is 2.21. The van der Waals surface area contributed by atoms with E-state index in [9.17, 15) is 8.42 Å². The SMILES string of the molecule is CS(=O)(=O)CCn1ccc2c(Cl)nccc21. The van der Waals surface area contributed by atoms with Crippen LogP contribution in [0.25, 0.3) is 10.9 Å². The minimum atomic E-state index is -2.95. The topological polar surface area (TPSA) is 52.0 Å². The van der Waals surface area contributed by atoms with Crippen LogP contribution in [-0.4, -0.2) is 30.0 Å². The van der Waals surface area contributed by atoms with Gasteiger partial charge in [0.15, 0.2) is 0 Å². The van der Waals surface area contributed by atoms with Crippen molar-refractivity contribution in [3.63, 3.8) is 0 Å². The quantitative estimate of drug-likeness (QED) is 0.788. The van der Waals surface area contributed by atoms with Gasteiger partial charge in [0, 0.05) is 30.6 Å². The summed E-state index contributed by atoms with van der Waals surface area (Å²) in [5.74, 6) is 0.122. The van der Waals surface area contributed by atoms with E-state index in [1.807, 2.05) is 22.9 Å². The Hall–Kier alpha value is -1.07. The Bertz CT molecular complexity index is 619. The molecule has 2 heterocycles. The van der Waals surface area contributed by atoms with Crippen LogP contribution < -0.4 is 0 Å². The Morgan fingerprint density at radius 2 is 2.19 bits per heavy atom. The zero-order valence-corrected chi connectivity index (χ0v) is 10.3. The summed E-state index contributed by atoms with van der Waals surface area (Å²) in [6, 6.07) is 3.66. The molecule has 0 bridgehead atoms. The van der Waals surface area contributed by atoms with E-state index in [-0.39, 0.29) is 5.75 Å². The summed E-state index contributed by atoms with van der Waals surface area (Å²) in [5, 5.41) is 1.29. The molecule has 0 spiro atoms. The monoisotopic (exact) mass is 258 g/mol. The van der Waals surface area contributed by atoms with Crippen molar-refractivity contribution in [2.75, 3.05) is 12.0 Å². The molecule has 0 saturated carbocycles. The fourth-order valence-electron chi connectivity index (χ4n) is 1.55. The number of fused-ring (bicyclic) bond motifs is 1. The van der Waals surface area contributed by atoms with Crippen molar-refractivity contribution in [2.24, 2.45) is 0 Å². The smallest absolute Gasteiger partial charge is 0.149 e. The number of aromatic nitrogens is 2. The number of hydrogen-bond acceptors (Lipinski definition) is 3. The van der Waals surface area contributed by atoms with Crippen molar-refractivity contribution in [1.29, 1.82) is 0 Å². The molecule has 2 rings (SSSR count). The molecule has 0 aliphatic heterocycles. The molecule has 0 unspecified atom stereocenters. The van der Waals surface area contributed by atoms with Gasteiger partial charge in [-0.2, -0.15) is 0 Å². The van der Waals surface area contributed by atoms with Crippen molar-refractivity contribution in [3.8, 4) is 0 Å². The van der Waals surface area contributed by atoms with Crippen molar-refractivity contribution in [2.45, 2.75) is 6.54 Å². The molecule has 0 saturated heterocycles. The van der Waals surface area contributed by atoms with Crippen LogP contribution in [0.1, 0.15) is 0 Å². The zero-order chi connectivity index (χ0) is 11.8. The van der Waals surface area contributed by atoms with Gasteiger partial charge in [-0.3, -0.25) is 0 Å². The normalized spacial score (nSPS) is 12.1. The number of aryl methyl sites for hydroxylation is 1. The maximum Gasteiger partial charge on any atom is 0.149 e. The Kier molecular flexibility index (Phi) is 2.90. The maximum atomic E-state index is 11.1. The van der Waals surface area contributed by atoms with Crippen molar-refractivity contribution in [1.82, 2.24) is 9.55 Å². The first-order valence-electron chi connectivity index (χ1n) is 4.74. The van der Waals surface area contributed by atoms with E-state index < -0.39 is 9.84 Å². The molecule has 0 fully saturated rings. The molecule has 2 aromatic heterocycles. The Morgan fingerprint density at radius 1 is 1.44 bits per heavy atom. The Labute approximate surface area is 98.8 Å². The average molecular weight is 259 g/mol. The summed E-state index contributed by atoms with van der Waals surface area (Å²) in [6.45, 7) is 0.433. The van der Waals surface area contributed by atoms with Crippen LogP contribution in [0.5, 0.6) is 0 Å². The first-order chi connectivity index (χ1) is 7.47. The third kappa shape index (κ3) is 2.36. The van der Waals surface area contributed by atoms with Crippen LogP contribution >= 0.6 is 11.6 Å². The van der Waals surface area contributed by atoms with E-state index in [2.05, 4.69) is 4.98 Å². The number of halogens is 1. The van der Waals surface area contributed by atoms with Crippen LogP contribution in [0.3, 0.4) is 0 Å². The number of nitrogens with zero attached hydrogens (tertiary/aromatic N) is 2. The molecule has 0 atom stereocenters. The molecule has 16 heavy (non-hydrogen) atoms. The van der Waals surface area contributed by atoms with E-state index in [4.69, 9.17) is 11.6 Å². The van der Waals surface area contributed by atoms with Crippen LogP contribution in [0, 0.1) is 0 Å². The predicted octanol–water partition coefficient (Wildman–Crippen LogP) is 1.73. The number of rotatable bonds is 3. The second-order valence-electron chi connectivity index (χ2n) is 3.67. The van der Waals surface area contributed by atoms with E-state index in [0.29, 0.717) is 11.7 Å². The summed E-state index contributed by atoms with van der Waals surface area (Å²) in [4.78, 5) is 3.96. The van der Waals surface area contributed by atoms with E-state index in [1.54, 1.807) is 6.20 Å². The molecule has 0 aliphatic carbocycles. The van der Waals surface area contributed by atoms with Gasteiger partial charge in [-0.15, -0.1) is 0 Å². The molecular formula is C10H11ClN2O2S. The Morgan fingerprint density at radius 3 is 2.88 bits per heavy atom. The van der Waals surface area contributed by atoms with Gasteiger partial charge < -0.3 is 4.57 Å². The first kappa shape index (κ1) is 11.4. The van der Waals surface area contributed by atoms with Crippen LogP contribution in [0.2, 0.25) is 5.15 Å². The molecule has 0 N–H and O–H groups in total. The van der Waals surface area contributed by atoms with E-state index >= 15 is 0 Å². The summed E-state index contributed by atoms with van der Waals surface area (Å²) in [6.07, 6.45) is 4.66. The van der Waals surface area contributed by atoms with Gasteiger partial charge in [0.05, 0.1) is 11.3 Å². The number of hydrogen-bond donors (Lipinski definition) is 0. The van der Waals surface area contributed by atoms with Gasteiger partial charge in [0.25, 0.3) is 0 Å². The van der Waals surface area contributed by atoms with E-state index in [0.717, 1.165) is 10.9 Å². The van der Waals surface area contributed by atoms with Gasteiger partial charge in [-0.25, -0.2) is 13.4 Å². The van der Waals surface area contributed by atoms with Crippen molar-refractivity contribution in [3.05, 3.63) is 29.7 Å². The van der Waals surface area contributed by atoms with Gasteiger partial charge in [-0.1, -0.05) is 11.6 Å². The number of pyridine rings is 1. The lowest BCUT2D eigenvalue weighted by Gasteiger charge is -2.04. The highest BCUT2D eigenvalue weighted by atomic mass is 35.5. The molecular weight excluding hydrogens is 248 g/mol. The molecule has 86 valence electrons. The standard InChI is InChI=1S/C10H11ClN2O2S/c1-16(14,15)7-6-13-5-3-8-9(13)2-4-12-10(8)11/h2-5H,6-7H2,1H3. The molecule has 2 aromatic rings. The van der Waals surface area contributed by atoms with Crippen LogP contribution in [0.15, 0.2) is 24.5 Å². The minimum absolute atomic E-state index is 0.122. The van der Waals surface area contributed by atoms with E-state index in [1.165, 1.54) is 6.26 Å². The van der Waals surface area contributed by atoms with Gasteiger partial charge in [-0.05, 0) is 12.1 Å². The maximum absolute atomic E-state index is 11.1. The fraction of sp³-hybridized carbons (Fsp3) is 0.300. The molecule has 6 heteroatoms. The summed E-state index contributed by atoms with van der Waals surface area (Å²) >= 11 is 5.92. The highest BCUT2D eigenvalue weighted by Gasteiger charge is 2.07. The van der Waals surface area contributed by atoms with Gasteiger partial charge in [0.1, 0.15) is 15.0 Å². The summed E-state index contributed by atoms with van der Waals surface area (Å²) < 4.78 is 24.0. The summed E-state index contributed by atoms with van der Waals surface area (Å²) in [5.41, 5.74) is 0.906. The molecule has 0 amide bonds. The van der Waals surface area contributed by atoms with Crippen molar-refractivity contribution < 1.29 is 8.42 Å². The molecule has 4 nitrogen and oxygen atoms in total.